The number of hydrogen-bond donors (Lipinski definition) is 1. The minimum Gasteiger partial charge on any atom is -0.398 e. The Hall–Kier alpha value is 0.837. The van der Waals surface area contributed by atoms with Crippen LogP contribution in [0.1, 0.15) is 6.42 Å². The summed E-state index contributed by atoms with van der Waals surface area (Å²) >= 11 is 4.06. The van der Waals surface area contributed by atoms with Gasteiger partial charge in [-0.05, 0) is 19.0 Å². The molecule has 0 bridgehead atoms. The Labute approximate surface area is 79.1 Å². The summed E-state index contributed by atoms with van der Waals surface area (Å²) in [6, 6.07) is 1.05. The van der Waals surface area contributed by atoms with Gasteiger partial charge in [0.2, 0.25) is 0 Å². The van der Waals surface area contributed by atoms with E-state index in [4.69, 9.17) is 8.85 Å². The van der Waals surface area contributed by atoms with Crippen LogP contribution in [-0.4, -0.2) is 28.5 Å². The molecule has 0 saturated heterocycles. The molecule has 0 aromatic heterocycles. The van der Waals surface area contributed by atoms with Crippen molar-refractivity contribution in [3.8, 4) is 0 Å². The minimum atomic E-state index is -1.78. The van der Waals surface area contributed by atoms with Gasteiger partial charge in [0.05, 0.1) is 0 Å². The van der Waals surface area contributed by atoms with Gasteiger partial charge < -0.3 is 8.85 Å². The Kier molecular flexibility index (Phi) is 6.85. The van der Waals surface area contributed by atoms with Crippen LogP contribution in [0.25, 0.3) is 0 Å². The molecule has 0 spiro atoms. The Balaban J connectivity index is 3.51. The third kappa shape index (κ3) is 5.14. The zero-order valence-corrected chi connectivity index (χ0v) is 10.0. The summed E-state index contributed by atoms with van der Waals surface area (Å²) in [5.74, 6) is 1.07. The molecule has 0 N–H and O–H groups in total. The third-order valence-corrected chi connectivity index (χ3v) is 5.74. The van der Waals surface area contributed by atoms with Crippen LogP contribution >= 0.6 is 22.5 Å². The first-order valence-corrected chi connectivity index (χ1v) is 8.11. The predicted octanol–water partition coefficient (Wildman–Crippen LogP) is 2.32. The van der Waals surface area contributed by atoms with Crippen molar-refractivity contribution in [2.45, 2.75) is 19.0 Å². The van der Waals surface area contributed by atoms with E-state index in [9.17, 15) is 0 Å². The molecule has 0 aliphatic carbocycles. The van der Waals surface area contributed by atoms with Gasteiger partial charge in [-0.25, -0.2) is 0 Å². The molecule has 5 heteroatoms. The molecule has 0 heterocycles. The van der Waals surface area contributed by atoms with Crippen LogP contribution in [0.3, 0.4) is 0 Å². The molecular weight excluding hydrogens is 196 g/mol. The highest BCUT2D eigenvalue weighted by Crippen LogP contribution is 2.17. The number of hydrogen-bond acceptors (Lipinski definition) is 4. The fraction of sp³-hybridized carbons (Fsp3) is 1.00. The van der Waals surface area contributed by atoms with Gasteiger partial charge in [0.25, 0.3) is 0 Å². The second-order valence-electron chi connectivity index (χ2n) is 2.48. The molecule has 0 aliphatic rings. The molecule has 0 radical (unpaired) electrons. The van der Waals surface area contributed by atoms with Gasteiger partial charge in [0.15, 0.2) is 0 Å². The molecule has 0 aliphatic heterocycles. The lowest BCUT2D eigenvalue weighted by atomic mass is 10.6. The van der Waals surface area contributed by atoms with Crippen LogP contribution in [0.2, 0.25) is 12.6 Å². The smallest absolute Gasteiger partial charge is 0.334 e. The van der Waals surface area contributed by atoms with Crippen molar-refractivity contribution in [3.63, 3.8) is 0 Å². The summed E-state index contributed by atoms with van der Waals surface area (Å²) in [4.78, 5) is 0. The maximum absolute atomic E-state index is 5.32. The first-order valence-electron chi connectivity index (χ1n) is 3.55. The van der Waals surface area contributed by atoms with Crippen molar-refractivity contribution >= 4 is 31.0 Å². The molecule has 0 atom stereocenters. The normalized spacial score (nSPS) is 12.0. The van der Waals surface area contributed by atoms with Gasteiger partial charge in [0, 0.05) is 20.0 Å². The van der Waals surface area contributed by atoms with Gasteiger partial charge in [-0.2, -0.15) is 0 Å². The fourth-order valence-electron chi connectivity index (χ4n) is 0.745. The van der Waals surface area contributed by atoms with Crippen molar-refractivity contribution in [3.05, 3.63) is 0 Å². The summed E-state index contributed by atoms with van der Waals surface area (Å²) < 4.78 is 10.6. The van der Waals surface area contributed by atoms with Gasteiger partial charge in [-0.1, -0.05) is 10.8 Å². The van der Waals surface area contributed by atoms with Gasteiger partial charge in [-0.15, -0.1) is 11.7 Å². The van der Waals surface area contributed by atoms with E-state index < -0.39 is 8.56 Å². The second-order valence-corrected chi connectivity index (χ2v) is 7.50. The van der Waals surface area contributed by atoms with E-state index in [2.05, 4.69) is 18.2 Å². The van der Waals surface area contributed by atoms with Gasteiger partial charge in [-0.3, -0.25) is 0 Å². The first kappa shape index (κ1) is 11.8. The fourth-order valence-corrected chi connectivity index (χ4v) is 3.06. The Bertz CT molecular complexity index is 98.6. The first-order chi connectivity index (χ1) is 5.18. The monoisotopic (exact) mass is 212 g/mol. The maximum atomic E-state index is 5.32. The third-order valence-electron chi connectivity index (χ3n) is 1.73. The predicted molar refractivity (Wildman–Crippen MR) is 56.5 cm³/mol. The Morgan fingerprint density at radius 2 is 1.91 bits per heavy atom. The highest BCUT2D eigenvalue weighted by Gasteiger charge is 2.27. The summed E-state index contributed by atoms with van der Waals surface area (Å²) in [7, 11) is 3.24. The van der Waals surface area contributed by atoms with Crippen LogP contribution in [0, 0.1) is 0 Å². The molecular formula is C6H16O2S2Si. The van der Waals surface area contributed by atoms with E-state index in [0.29, 0.717) is 0 Å². The zero-order valence-electron chi connectivity index (χ0n) is 7.29. The van der Waals surface area contributed by atoms with Crippen molar-refractivity contribution in [2.24, 2.45) is 0 Å². The molecule has 68 valence electrons. The van der Waals surface area contributed by atoms with Gasteiger partial charge >= 0.3 is 8.56 Å². The van der Waals surface area contributed by atoms with Crippen LogP contribution in [0.5, 0.6) is 0 Å². The summed E-state index contributed by atoms with van der Waals surface area (Å²) in [5, 5.41) is 0. The molecule has 0 amide bonds. The average molecular weight is 212 g/mol. The quantitative estimate of drug-likeness (QED) is 0.315. The number of thiol groups is 1. The molecule has 0 rings (SSSR count). The zero-order chi connectivity index (χ0) is 8.74. The van der Waals surface area contributed by atoms with Gasteiger partial charge in [0.1, 0.15) is 0 Å². The van der Waals surface area contributed by atoms with Crippen LogP contribution in [0.15, 0.2) is 0 Å². The van der Waals surface area contributed by atoms with Crippen LogP contribution in [0.4, 0.5) is 0 Å². The van der Waals surface area contributed by atoms with E-state index in [0.717, 1.165) is 18.2 Å². The summed E-state index contributed by atoms with van der Waals surface area (Å²) in [6.45, 7) is 2.08. The molecule has 0 fully saturated rings. The summed E-state index contributed by atoms with van der Waals surface area (Å²) in [5.41, 5.74) is 0. The minimum absolute atomic E-state index is 1.05. The number of rotatable bonds is 6. The highest BCUT2D eigenvalue weighted by atomic mass is 33.1. The van der Waals surface area contributed by atoms with E-state index in [1.807, 2.05) is 0 Å². The lowest BCUT2D eigenvalue weighted by Crippen LogP contribution is -2.35. The topological polar surface area (TPSA) is 18.5 Å². The lowest BCUT2D eigenvalue weighted by molar-refractivity contribution is 0.249. The Morgan fingerprint density at radius 3 is 2.27 bits per heavy atom. The van der Waals surface area contributed by atoms with Crippen LogP contribution in [-0.2, 0) is 8.85 Å². The second kappa shape index (κ2) is 6.36. The Morgan fingerprint density at radius 1 is 1.36 bits per heavy atom. The molecule has 2 nitrogen and oxygen atoms in total. The van der Waals surface area contributed by atoms with E-state index in [1.165, 1.54) is 0 Å². The highest BCUT2D eigenvalue weighted by molar-refractivity contribution is 8.68. The maximum Gasteiger partial charge on any atom is 0.334 e. The molecule has 0 aromatic rings. The van der Waals surface area contributed by atoms with E-state index in [1.54, 1.807) is 25.0 Å². The van der Waals surface area contributed by atoms with Crippen molar-refractivity contribution in [1.29, 1.82) is 0 Å². The van der Waals surface area contributed by atoms with Crippen molar-refractivity contribution in [2.75, 3.05) is 20.0 Å². The lowest BCUT2D eigenvalue weighted by Gasteiger charge is -2.22. The van der Waals surface area contributed by atoms with Crippen LogP contribution < -0.4 is 0 Å². The van der Waals surface area contributed by atoms with E-state index >= 15 is 0 Å². The molecule has 0 aromatic carbocycles. The van der Waals surface area contributed by atoms with E-state index in [-0.39, 0.29) is 0 Å². The van der Waals surface area contributed by atoms with Crippen molar-refractivity contribution in [1.82, 2.24) is 0 Å². The molecule has 0 unspecified atom stereocenters. The summed E-state index contributed by atoms with van der Waals surface area (Å²) in [6.07, 6.45) is 1.12. The molecule has 11 heavy (non-hydrogen) atoms. The average Bonchev–Trinajstić information content (AvgIpc) is 2.05. The van der Waals surface area contributed by atoms with Crippen molar-refractivity contribution < 1.29 is 8.85 Å². The SMILES string of the molecule is CO[Si](C)(CCCSS)OC. The standard InChI is InChI=1S/C6H16O2S2Si/c1-7-11(3,8-2)6-4-5-10-9/h9H,4-6H2,1-3H3. The molecule has 0 saturated carbocycles. The largest absolute Gasteiger partial charge is 0.398 e.